The molecule has 1 aliphatic carbocycles. The highest BCUT2D eigenvalue weighted by atomic mass is 32.2. The predicted molar refractivity (Wildman–Crippen MR) is 152 cm³/mol. The number of ether oxygens (including phenoxy) is 1. The van der Waals surface area contributed by atoms with Gasteiger partial charge in [0.15, 0.2) is 0 Å². The van der Waals surface area contributed by atoms with Crippen LogP contribution in [0.15, 0.2) is 63.9 Å². The number of carbonyl (C=O) groups is 3. The fourth-order valence-corrected chi connectivity index (χ4v) is 6.97. The molecule has 14 heteroatoms. The molecule has 1 aromatic heterocycles. The van der Waals surface area contributed by atoms with E-state index in [0.29, 0.717) is 54.9 Å². The van der Waals surface area contributed by atoms with Gasteiger partial charge in [0.2, 0.25) is 10.7 Å². The molecule has 218 valence electrons. The minimum Gasteiger partial charge on any atom is -0.496 e. The molecule has 4 rings (SSSR count). The first kappa shape index (κ1) is 29.9. The molecule has 4 amide bonds. The van der Waals surface area contributed by atoms with Crippen LogP contribution in [0.1, 0.15) is 48.5 Å². The van der Waals surface area contributed by atoms with Gasteiger partial charge in [0.1, 0.15) is 5.75 Å². The Balaban J connectivity index is 1.41. The minimum atomic E-state index is -4.27. The SMILES string of the molecule is COc1ccccc1C(=O)NC[C@]1(c2ccccc2)CC[C@H](NC(=O)NS(=O)(=O)c2nn(C)/c(=N/C(C)=O)s2)CC1. The number of nitrogens with zero attached hydrogens (tertiary/aromatic N) is 3. The van der Waals surface area contributed by atoms with Crippen LogP contribution in [0, 0.1) is 0 Å². The van der Waals surface area contributed by atoms with E-state index in [1.165, 1.54) is 21.1 Å². The second-order valence-corrected chi connectivity index (χ2v) is 12.6. The van der Waals surface area contributed by atoms with Crippen molar-refractivity contribution in [1.82, 2.24) is 25.1 Å². The first-order chi connectivity index (χ1) is 19.5. The summed E-state index contributed by atoms with van der Waals surface area (Å²) in [5, 5.41) is 9.70. The highest BCUT2D eigenvalue weighted by Gasteiger charge is 2.38. The summed E-state index contributed by atoms with van der Waals surface area (Å²) in [6, 6.07) is 15.8. The molecule has 0 unspecified atom stereocenters. The van der Waals surface area contributed by atoms with Crippen LogP contribution in [0.4, 0.5) is 4.79 Å². The number of amides is 4. The molecule has 0 radical (unpaired) electrons. The standard InChI is InChI=1S/C27H32N6O6S2/c1-18(34)29-25-33(2)31-26(40-25)41(37,38)32-24(36)30-20-13-15-27(16-14-20,19-9-5-4-6-10-19)17-28-23(35)21-11-7-8-12-22(21)39-3/h4-12,20H,13-17H2,1-3H3,(H,28,35)(H2,30,32,36)/b29-25-/t20-,27-. The van der Waals surface area contributed by atoms with E-state index in [1.54, 1.807) is 24.3 Å². The Morgan fingerprint density at radius 3 is 2.41 bits per heavy atom. The number of rotatable bonds is 8. The molecule has 1 saturated carbocycles. The molecule has 0 bridgehead atoms. The Labute approximate surface area is 241 Å². The van der Waals surface area contributed by atoms with Gasteiger partial charge in [-0.3, -0.25) is 9.59 Å². The third kappa shape index (κ3) is 7.19. The summed E-state index contributed by atoms with van der Waals surface area (Å²) in [6.07, 6.45) is 2.44. The number of aryl methyl sites for hydroxylation is 1. The first-order valence-electron chi connectivity index (χ1n) is 12.9. The van der Waals surface area contributed by atoms with Gasteiger partial charge in [-0.2, -0.15) is 13.4 Å². The normalized spacial score (nSPS) is 19.3. The van der Waals surface area contributed by atoms with E-state index in [-0.39, 0.29) is 26.5 Å². The van der Waals surface area contributed by atoms with Gasteiger partial charge in [-0.25, -0.2) is 14.2 Å². The number of nitrogens with one attached hydrogen (secondary N) is 3. The van der Waals surface area contributed by atoms with E-state index in [9.17, 15) is 22.8 Å². The summed E-state index contributed by atoms with van der Waals surface area (Å²) in [6.45, 7) is 1.63. The number of carbonyl (C=O) groups excluding carboxylic acids is 3. The molecule has 1 fully saturated rings. The maximum Gasteiger partial charge on any atom is 0.328 e. The maximum atomic E-state index is 13.0. The zero-order valence-corrected chi connectivity index (χ0v) is 24.5. The van der Waals surface area contributed by atoms with Crippen LogP contribution in [0.3, 0.4) is 0 Å². The topological polar surface area (TPSA) is 161 Å². The second-order valence-electron chi connectivity index (χ2n) is 9.79. The number of hydrogen-bond acceptors (Lipinski definition) is 8. The number of hydrogen-bond donors (Lipinski definition) is 3. The van der Waals surface area contributed by atoms with Gasteiger partial charge in [0.05, 0.1) is 12.7 Å². The van der Waals surface area contributed by atoms with Crippen molar-refractivity contribution in [3.8, 4) is 5.75 Å². The lowest BCUT2D eigenvalue weighted by Gasteiger charge is -2.41. The van der Waals surface area contributed by atoms with Crippen molar-refractivity contribution in [2.75, 3.05) is 13.7 Å². The van der Waals surface area contributed by atoms with Gasteiger partial charge < -0.3 is 15.4 Å². The quantitative estimate of drug-likeness (QED) is 0.357. The predicted octanol–water partition coefficient (Wildman–Crippen LogP) is 2.24. The summed E-state index contributed by atoms with van der Waals surface area (Å²) in [5.41, 5.74) is 1.16. The van der Waals surface area contributed by atoms with E-state index in [4.69, 9.17) is 4.74 Å². The van der Waals surface area contributed by atoms with Gasteiger partial charge in [0, 0.05) is 32.0 Å². The zero-order valence-electron chi connectivity index (χ0n) is 22.9. The molecule has 0 aliphatic heterocycles. The van der Waals surface area contributed by atoms with Crippen molar-refractivity contribution >= 4 is 39.2 Å². The molecule has 3 N–H and O–H groups in total. The highest BCUT2D eigenvalue weighted by Crippen LogP contribution is 2.39. The Bertz CT molecular complexity index is 1590. The molecular formula is C27H32N6O6S2. The monoisotopic (exact) mass is 600 g/mol. The van der Waals surface area contributed by atoms with Crippen LogP contribution < -0.4 is 24.9 Å². The van der Waals surface area contributed by atoms with Gasteiger partial charge in [-0.05, 0) is 43.4 Å². The van der Waals surface area contributed by atoms with Gasteiger partial charge >= 0.3 is 6.03 Å². The molecule has 41 heavy (non-hydrogen) atoms. The third-order valence-corrected chi connectivity index (χ3v) is 9.70. The van der Waals surface area contributed by atoms with Gasteiger partial charge in [-0.15, -0.1) is 5.10 Å². The molecule has 12 nitrogen and oxygen atoms in total. The molecule has 0 saturated heterocycles. The lowest BCUT2D eigenvalue weighted by Crippen LogP contribution is -2.50. The number of benzene rings is 2. The summed E-state index contributed by atoms with van der Waals surface area (Å²) >= 11 is 0.680. The Morgan fingerprint density at radius 2 is 1.76 bits per heavy atom. The fraction of sp³-hybridized carbons (Fsp3) is 0.370. The average molecular weight is 601 g/mol. The summed E-state index contributed by atoms with van der Waals surface area (Å²) in [7, 11) is -1.29. The Morgan fingerprint density at radius 1 is 1.10 bits per heavy atom. The third-order valence-electron chi connectivity index (χ3n) is 7.00. The van der Waals surface area contributed by atoms with Crippen LogP contribution in [-0.2, 0) is 27.3 Å². The van der Waals surface area contributed by atoms with Crippen LogP contribution >= 0.6 is 11.3 Å². The summed E-state index contributed by atoms with van der Waals surface area (Å²) in [4.78, 5) is 40.8. The van der Waals surface area contributed by atoms with Crippen LogP contribution in [0.5, 0.6) is 5.75 Å². The fourth-order valence-electron chi connectivity index (χ4n) is 4.90. The molecule has 1 aliphatic rings. The van der Waals surface area contributed by atoms with Crippen LogP contribution in [0.2, 0.25) is 0 Å². The Hall–Kier alpha value is -4.04. The maximum absolute atomic E-state index is 13.0. The van der Waals surface area contributed by atoms with E-state index in [0.717, 1.165) is 10.2 Å². The minimum absolute atomic E-state index is 0.0978. The average Bonchev–Trinajstić information content (AvgIpc) is 3.33. The van der Waals surface area contributed by atoms with E-state index < -0.39 is 22.0 Å². The lowest BCUT2D eigenvalue weighted by molar-refractivity contribution is -0.116. The molecule has 0 spiro atoms. The largest absolute Gasteiger partial charge is 0.496 e. The lowest BCUT2D eigenvalue weighted by atomic mass is 9.68. The van der Waals surface area contributed by atoms with Gasteiger partial charge in [0.25, 0.3) is 20.3 Å². The molecule has 0 atom stereocenters. The van der Waals surface area contributed by atoms with Crippen molar-refractivity contribution in [2.45, 2.75) is 48.4 Å². The highest BCUT2D eigenvalue weighted by molar-refractivity contribution is 7.92. The number of methoxy groups -OCH3 is 1. The van der Waals surface area contributed by atoms with Crippen LogP contribution in [-0.4, -0.2) is 55.7 Å². The number of para-hydroxylation sites is 1. The molecular weight excluding hydrogens is 568 g/mol. The van der Waals surface area contributed by atoms with Gasteiger partial charge in [-0.1, -0.05) is 53.8 Å². The smallest absolute Gasteiger partial charge is 0.328 e. The number of urea groups is 1. The summed E-state index contributed by atoms with van der Waals surface area (Å²) in [5.74, 6) is -0.247. The van der Waals surface area contributed by atoms with Crippen molar-refractivity contribution in [3.05, 3.63) is 70.5 Å². The van der Waals surface area contributed by atoms with E-state index in [1.807, 2.05) is 35.1 Å². The first-order valence-corrected chi connectivity index (χ1v) is 15.2. The van der Waals surface area contributed by atoms with Crippen molar-refractivity contribution in [3.63, 3.8) is 0 Å². The molecule has 2 aromatic carbocycles. The summed E-state index contributed by atoms with van der Waals surface area (Å²) < 4.78 is 33.6. The van der Waals surface area contributed by atoms with E-state index >= 15 is 0 Å². The van der Waals surface area contributed by atoms with Crippen molar-refractivity contribution in [2.24, 2.45) is 12.0 Å². The molecule has 3 aromatic rings. The number of aromatic nitrogens is 2. The van der Waals surface area contributed by atoms with Crippen molar-refractivity contribution < 1.29 is 27.5 Å². The van der Waals surface area contributed by atoms with Crippen LogP contribution in [0.25, 0.3) is 0 Å². The second kappa shape index (κ2) is 12.6. The van der Waals surface area contributed by atoms with E-state index in [2.05, 4.69) is 20.7 Å². The number of sulfonamides is 1. The zero-order chi connectivity index (χ0) is 29.6. The van der Waals surface area contributed by atoms with Crippen molar-refractivity contribution in [1.29, 1.82) is 0 Å². The molecule has 1 heterocycles. The Kier molecular flexibility index (Phi) is 9.23.